The second kappa shape index (κ2) is 9.58. The predicted molar refractivity (Wildman–Crippen MR) is 102 cm³/mol. The van der Waals surface area contributed by atoms with Gasteiger partial charge in [0.25, 0.3) is 5.91 Å². The first kappa shape index (κ1) is 20.2. The van der Waals surface area contributed by atoms with E-state index >= 15 is 0 Å². The molecule has 9 heteroatoms. The van der Waals surface area contributed by atoms with Crippen LogP contribution in [0, 0.1) is 0 Å². The van der Waals surface area contributed by atoms with E-state index in [-0.39, 0.29) is 5.91 Å². The highest BCUT2D eigenvalue weighted by molar-refractivity contribution is 7.98. The van der Waals surface area contributed by atoms with E-state index in [0.29, 0.717) is 27.7 Å². The van der Waals surface area contributed by atoms with Crippen LogP contribution < -0.4 is 15.4 Å². The van der Waals surface area contributed by atoms with Crippen LogP contribution in [-0.2, 0) is 14.3 Å². The third-order valence-corrected chi connectivity index (χ3v) is 4.02. The monoisotopic (exact) mass is 389 g/mol. The topological polar surface area (TPSA) is 107 Å². The van der Waals surface area contributed by atoms with Gasteiger partial charge in [-0.2, -0.15) is 0 Å². The molecule has 0 fully saturated rings. The van der Waals surface area contributed by atoms with Crippen LogP contribution in [0.25, 0.3) is 0 Å². The van der Waals surface area contributed by atoms with Gasteiger partial charge < -0.3 is 20.1 Å². The number of nitrogens with one attached hydrogen (secondary N) is 2. The van der Waals surface area contributed by atoms with Crippen molar-refractivity contribution >= 4 is 40.9 Å². The van der Waals surface area contributed by atoms with Gasteiger partial charge in [-0.1, -0.05) is 0 Å². The van der Waals surface area contributed by atoms with Crippen molar-refractivity contribution in [2.75, 3.05) is 30.6 Å². The number of aromatic nitrogens is 1. The minimum atomic E-state index is -0.637. The Bertz CT molecular complexity index is 857. The Morgan fingerprint density at radius 1 is 1.19 bits per heavy atom. The number of benzene rings is 1. The number of carbonyl (C=O) groups is 3. The van der Waals surface area contributed by atoms with Gasteiger partial charge >= 0.3 is 5.97 Å². The Morgan fingerprint density at radius 3 is 2.63 bits per heavy atom. The van der Waals surface area contributed by atoms with Crippen molar-refractivity contribution in [2.45, 2.75) is 11.9 Å². The minimum Gasteiger partial charge on any atom is -0.495 e. The van der Waals surface area contributed by atoms with Crippen LogP contribution in [0.4, 0.5) is 11.4 Å². The molecule has 0 aliphatic heterocycles. The SMILES string of the molecule is COc1ccc(NC(C)=O)cc1NC(=O)COC(=O)c1cccnc1SC. The van der Waals surface area contributed by atoms with E-state index in [1.807, 2.05) is 0 Å². The normalized spacial score (nSPS) is 10.0. The summed E-state index contributed by atoms with van der Waals surface area (Å²) in [5, 5.41) is 5.73. The van der Waals surface area contributed by atoms with E-state index < -0.39 is 18.5 Å². The lowest BCUT2D eigenvalue weighted by Gasteiger charge is -2.13. The van der Waals surface area contributed by atoms with Gasteiger partial charge in [0, 0.05) is 18.8 Å². The maximum absolute atomic E-state index is 12.2. The molecule has 0 aliphatic rings. The Labute approximate surface area is 160 Å². The molecule has 0 bridgehead atoms. The number of methoxy groups -OCH3 is 1. The largest absolute Gasteiger partial charge is 0.495 e. The molecule has 8 nitrogen and oxygen atoms in total. The van der Waals surface area contributed by atoms with Crippen molar-refractivity contribution in [1.82, 2.24) is 4.98 Å². The molecule has 27 heavy (non-hydrogen) atoms. The van der Waals surface area contributed by atoms with E-state index in [4.69, 9.17) is 9.47 Å². The molecule has 142 valence electrons. The van der Waals surface area contributed by atoms with Crippen LogP contribution in [0.5, 0.6) is 5.75 Å². The minimum absolute atomic E-state index is 0.243. The summed E-state index contributed by atoms with van der Waals surface area (Å²) in [5.74, 6) is -1.02. The average Bonchev–Trinajstić information content (AvgIpc) is 2.65. The smallest absolute Gasteiger partial charge is 0.341 e. The van der Waals surface area contributed by atoms with Gasteiger partial charge in [-0.3, -0.25) is 9.59 Å². The Balaban J connectivity index is 2.03. The first-order valence-electron chi connectivity index (χ1n) is 7.86. The van der Waals surface area contributed by atoms with Crippen LogP contribution in [-0.4, -0.2) is 42.7 Å². The zero-order valence-corrected chi connectivity index (χ0v) is 15.9. The Hall–Kier alpha value is -3.07. The molecule has 2 aromatic rings. The zero-order valence-electron chi connectivity index (χ0n) is 15.1. The lowest BCUT2D eigenvalue weighted by molar-refractivity contribution is -0.119. The summed E-state index contributed by atoms with van der Waals surface area (Å²) >= 11 is 1.31. The lowest BCUT2D eigenvalue weighted by atomic mass is 10.2. The summed E-state index contributed by atoms with van der Waals surface area (Å²) in [6.45, 7) is 0.901. The van der Waals surface area contributed by atoms with E-state index in [1.54, 1.807) is 42.8 Å². The van der Waals surface area contributed by atoms with Crippen LogP contribution in [0.15, 0.2) is 41.6 Å². The highest BCUT2D eigenvalue weighted by Crippen LogP contribution is 2.28. The van der Waals surface area contributed by atoms with Gasteiger partial charge in [-0.05, 0) is 36.6 Å². The summed E-state index contributed by atoms with van der Waals surface area (Å²) in [5.41, 5.74) is 1.13. The number of amides is 2. The van der Waals surface area contributed by atoms with Crippen molar-refractivity contribution in [2.24, 2.45) is 0 Å². The fraction of sp³-hybridized carbons (Fsp3) is 0.222. The molecule has 1 aromatic heterocycles. The molecule has 0 atom stereocenters. The Kier molecular flexibility index (Phi) is 7.18. The average molecular weight is 389 g/mol. The number of rotatable bonds is 7. The fourth-order valence-electron chi connectivity index (χ4n) is 2.19. The van der Waals surface area contributed by atoms with Gasteiger partial charge in [-0.25, -0.2) is 9.78 Å². The number of anilines is 2. The number of hydrogen-bond donors (Lipinski definition) is 2. The van der Waals surface area contributed by atoms with Gasteiger partial charge in [-0.15, -0.1) is 11.8 Å². The lowest BCUT2D eigenvalue weighted by Crippen LogP contribution is -2.21. The number of nitrogens with zero attached hydrogens (tertiary/aromatic N) is 1. The molecule has 0 saturated heterocycles. The first-order valence-corrected chi connectivity index (χ1v) is 9.08. The molecule has 0 spiro atoms. The molecule has 1 aromatic carbocycles. The van der Waals surface area contributed by atoms with Crippen LogP contribution >= 0.6 is 11.8 Å². The molecule has 0 aliphatic carbocycles. The van der Waals surface area contributed by atoms with E-state index in [9.17, 15) is 14.4 Å². The molecule has 2 rings (SSSR count). The molecule has 1 heterocycles. The molecular formula is C18H19N3O5S. The van der Waals surface area contributed by atoms with Gasteiger partial charge in [0.05, 0.1) is 18.4 Å². The number of ether oxygens (including phenoxy) is 2. The molecule has 0 radical (unpaired) electrons. The van der Waals surface area contributed by atoms with Crippen molar-refractivity contribution in [3.8, 4) is 5.75 Å². The highest BCUT2D eigenvalue weighted by Gasteiger charge is 2.16. The quantitative estimate of drug-likeness (QED) is 0.554. The van der Waals surface area contributed by atoms with Crippen molar-refractivity contribution in [3.05, 3.63) is 42.1 Å². The van der Waals surface area contributed by atoms with E-state index in [1.165, 1.54) is 25.8 Å². The maximum atomic E-state index is 12.2. The van der Waals surface area contributed by atoms with Crippen LogP contribution in [0.2, 0.25) is 0 Å². The molecule has 2 N–H and O–H groups in total. The van der Waals surface area contributed by atoms with Crippen molar-refractivity contribution in [1.29, 1.82) is 0 Å². The number of hydrogen-bond acceptors (Lipinski definition) is 7. The predicted octanol–water partition coefficient (Wildman–Crippen LogP) is 2.57. The highest BCUT2D eigenvalue weighted by atomic mass is 32.2. The maximum Gasteiger partial charge on any atom is 0.341 e. The third kappa shape index (κ3) is 5.71. The summed E-state index contributed by atoms with van der Waals surface area (Å²) in [6.07, 6.45) is 3.36. The van der Waals surface area contributed by atoms with Gasteiger partial charge in [0.15, 0.2) is 6.61 Å². The summed E-state index contributed by atoms with van der Waals surface area (Å²) in [7, 11) is 1.45. The second-order valence-corrected chi connectivity index (χ2v) is 6.08. The van der Waals surface area contributed by atoms with Crippen molar-refractivity contribution in [3.63, 3.8) is 0 Å². The molecule has 0 saturated carbocycles. The van der Waals surface area contributed by atoms with E-state index in [0.717, 1.165) is 0 Å². The van der Waals surface area contributed by atoms with Gasteiger partial charge in [0.2, 0.25) is 5.91 Å². The third-order valence-electron chi connectivity index (χ3n) is 3.31. The van der Waals surface area contributed by atoms with Gasteiger partial charge in [0.1, 0.15) is 10.8 Å². The fourth-order valence-corrected chi connectivity index (χ4v) is 2.73. The standard InChI is InChI=1S/C18H19N3O5S/c1-11(22)20-12-6-7-15(25-2)14(9-12)21-16(23)10-26-18(24)13-5-4-8-19-17(13)27-3/h4-9H,10H2,1-3H3,(H,20,22)(H,21,23). The molecule has 2 amide bonds. The summed E-state index contributed by atoms with van der Waals surface area (Å²) in [6, 6.07) is 8.00. The zero-order chi connectivity index (χ0) is 19.8. The number of esters is 1. The summed E-state index contributed by atoms with van der Waals surface area (Å²) < 4.78 is 10.2. The van der Waals surface area contributed by atoms with Crippen LogP contribution in [0.3, 0.4) is 0 Å². The van der Waals surface area contributed by atoms with Crippen molar-refractivity contribution < 1.29 is 23.9 Å². The molecule has 0 unspecified atom stereocenters. The Morgan fingerprint density at radius 2 is 1.96 bits per heavy atom. The second-order valence-electron chi connectivity index (χ2n) is 5.28. The van der Waals surface area contributed by atoms with Crippen LogP contribution in [0.1, 0.15) is 17.3 Å². The number of pyridine rings is 1. The number of carbonyl (C=O) groups excluding carboxylic acids is 3. The van der Waals surface area contributed by atoms with E-state index in [2.05, 4.69) is 15.6 Å². The summed E-state index contributed by atoms with van der Waals surface area (Å²) in [4.78, 5) is 39.6. The first-order chi connectivity index (χ1) is 12.9. The number of thioether (sulfide) groups is 1. The molecular weight excluding hydrogens is 370 g/mol.